The van der Waals surface area contributed by atoms with Crippen LogP contribution in [0.5, 0.6) is 0 Å². The fourth-order valence-corrected chi connectivity index (χ4v) is 1.25. The molecule has 13 heavy (non-hydrogen) atoms. The van der Waals surface area contributed by atoms with Crippen LogP contribution in [0.4, 0.5) is 0 Å². The van der Waals surface area contributed by atoms with E-state index in [1.807, 2.05) is 0 Å². The van der Waals surface area contributed by atoms with Crippen molar-refractivity contribution in [2.24, 2.45) is 11.5 Å². The summed E-state index contributed by atoms with van der Waals surface area (Å²) < 4.78 is 0. The smallest absolute Gasteiger partial charge is 0.00109 e. The van der Waals surface area contributed by atoms with E-state index in [-0.39, 0.29) is 0 Å². The lowest BCUT2D eigenvalue weighted by Crippen LogP contribution is -2.20. The van der Waals surface area contributed by atoms with Gasteiger partial charge in [0.2, 0.25) is 0 Å². The third kappa shape index (κ3) is 11.9. The molecule has 0 aromatic rings. The number of hydrogen-bond acceptors (Lipinski definition) is 3. The fraction of sp³-hybridized carbons (Fsp3) is 1.00. The molecule has 0 heterocycles. The van der Waals surface area contributed by atoms with Crippen LogP contribution in [-0.2, 0) is 0 Å². The molecule has 3 heteroatoms. The van der Waals surface area contributed by atoms with E-state index in [0.717, 1.165) is 32.5 Å². The zero-order valence-electron chi connectivity index (χ0n) is 8.89. The van der Waals surface area contributed by atoms with Gasteiger partial charge in [-0.05, 0) is 52.2 Å². The molecule has 0 amide bonds. The average molecular weight is 187 g/mol. The van der Waals surface area contributed by atoms with Crippen molar-refractivity contribution < 1.29 is 0 Å². The molecule has 1 unspecified atom stereocenters. The monoisotopic (exact) mass is 187 g/mol. The molecule has 0 bridgehead atoms. The number of unbranched alkanes of at least 4 members (excludes halogenated alkanes) is 2. The molecule has 80 valence electrons. The summed E-state index contributed by atoms with van der Waals surface area (Å²) in [6, 6.07) is 0.346. The zero-order valence-corrected chi connectivity index (χ0v) is 8.89. The van der Waals surface area contributed by atoms with E-state index >= 15 is 0 Å². The summed E-state index contributed by atoms with van der Waals surface area (Å²) in [5, 5.41) is 3.40. The molecular formula is C10H25N3. The third-order valence-corrected chi connectivity index (χ3v) is 2.07. The first-order valence-electron chi connectivity index (χ1n) is 5.43. The van der Waals surface area contributed by atoms with Crippen LogP contribution in [0, 0.1) is 0 Å². The van der Waals surface area contributed by atoms with Gasteiger partial charge in [0.1, 0.15) is 0 Å². The van der Waals surface area contributed by atoms with E-state index in [9.17, 15) is 0 Å². The molecule has 0 rings (SSSR count). The summed E-state index contributed by atoms with van der Waals surface area (Å²) in [4.78, 5) is 0. The Morgan fingerprint density at radius 2 is 1.77 bits per heavy atom. The number of rotatable bonds is 9. The Bertz CT molecular complexity index is 94.2. The minimum absolute atomic E-state index is 0.346. The highest BCUT2D eigenvalue weighted by Crippen LogP contribution is 1.93. The molecule has 0 saturated heterocycles. The van der Waals surface area contributed by atoms with Crippen LogP contribution in [0.25, 0.3) is 0 Å². The Labute approximate surface area is 82.3 Å². The molecule has 0 aliphatic carbocycles. The van der Waals surface area contributed by atoms with Gasteiger partial charge in [-0.1, -0.05) is 6.42 Å². The second kappa shape index (κ2) is 9.96. The maximum Gasteiger partial charge on any atom is 0.00109 e. The summed E-state index contributed by atoms with van der Waals surface area (Å²) in [5.41, 5.74) is 11.0. The van der Waals surface area contributed by atoms with Crippen LogP contribution < -0.4 is 16.8 Å². The van der Waals surface area contributed by atoms with Crippen molar-refractivity contribution in [1.82, 2.24) is 5.32 Å². The molecule has 0 fully saturated rings. The lowest BCUT2D eigenvalue weighted by molar-refractivity contribution is 0.554. The fourth-order valence-electron chi connectivity index (χ4n) is 1.25. The van der Waals surface area contributed by atoms with E-state index in [0.29, 0.717) is 6.04 Å². The van der Waals surface area contributed by atoms with Crippen molar-refractivity contribution in [1.29, 1.82) is 0 Å². The molecule has 3 nitrogen and oxygen atoms in total. The molecule has 0 aliphatic rings. The lowest BCUT2D eigenvalue weighted by atomic mass is 10.2. The van der Waals surface area contributed by atoms with Gasteiger partial charge >= 0.3 is 0 Å². The predicted octanol–water partition coefficient (Wildman–Crippen LogP) is 0.832. The van der Waals surface area contributed by atoms with Gasteiger partial charge in [-0.3, -0.25) is 0 Å². The Kier molecular flexibility index (Phi) is 9.87. The maximum absolute atomic E-state index is 5.63. The average Bonchev–Trinajstić information content (AvgIpc) is 2.09. The van der Waals surface area contributed by atoms with E-state index in [2.05, 4.69) is 12.2 Å². The van der Waals surface area contributed by atoms with E-state index in [1.165, 1.54) is 19.3 Å². The summed E-state index contributed by atoms with van der Waals surface area (Å²) in [6.07, 6.45) is 5.96. The molecule has 1 atom stereocenters. The number of nitrogens with two attached hydrogens (primary N) is 2. The van der Waals surface area contributed by atoms with Crippen molar-refractivity contribution in [3.8, 4) is 0 Å². The first-order valence-corrected chi connectivity index (χ1v) is 5.43. The van der Waals surface area contributed by atoms with Crippen molar-refractivity contribution in [2.75, 3.05) is 19.6 Å². The summed E-state index contributed by atoms with van der Waals surface area (Å²) in [5.74, 6) is 0. The van der Waals surface area contributed by atoms with E-state index < -0.39 is 0 Å². The van der Waals surface area contributed by atoms with Gasteiger partial charge in [-0.15, -0.1) is 0 Å². The molecule has 5 N–H and O–H groups in total. The first kappa shape index (κ1) is 12.9. The summed E-state index contributed by atoms with van der Waals surface area (Å²) in [7, 11) is 0. The highest BCUT2D eigenvalue weighted by Gasteiger charge is 1.93. The van der Waals surface area contributed by atoms with Gasteiger partial charge in [0.15, 0.2) is 0 Å². The van der Waals surface area contributed by atoms with Crippen LogP contribution in [0.3, 0.4) is 0 Å². The highest BCUT2D eigenvalue weighted by molar-refractivity contribution is 4.55. The van der Waals surface area contributed by atoms with Crippen molar-refractivity contribution >= 4 is 0 Å². The van der Waals surface area contributed by atoms with Crippen LogP contribution in [0.1, 0.15) is 39.0 Å². The van der Waals surface area contributed by atoms with Crippen LogP contribution in [0.15, 0.2) is 0 Å². The zero-order chi connectivity index (χ0) is 9.94. The van der Waals surface area contributed by atoms with Gasteiger partial charge in [0, 0.05) is 6.04 Å². The Morgan fingerprint density at radius 1 is 1.08 bits per heavy atom. The molecule has 0 aromatic heterocycles. The van der Waals surface area contributed by atoms with Crippen LogP contribution in [0.2, 0.25) is 0 Å². The normalized spacial score (nSPS) is 13.2. The quantitative estimate of drug-likeness (QED) is 0.469. The lowest BCUT2D eigenvalue weighted by Gasteiger charge is -2.06. The molecule has 0 spiro atoms. The van der Waals surface area contributed by atoms with Crippen molar-refractivity contribution in [3.63, 3.8) is 0 Å². The van der Waals surface area contributed by atoms with Crippen LogP contribution >= 0.6 is 0 Å². The largest absolute Gasteiger partial charge is 0.330 e. The SMILES string of the molecule is CC(N)CCCNCCCCCN. The molecule has 0 aromatic carbocycles. The third-order valence-electron chi connectivity index (χ3n) is 2.07. The maximum atomic E-state index is 5.63. The van der Waals surface area contributed by atoms with Gasteiger partial charge < -0.3 is 16.8 Å². The standard InChI is InChI=1S/C10H25N3/c1-10(12)6-5-9-13-8-4-2-3-7-11/h10,13H,2-9,11-12H2,1H3. The number of hydrogen-bond donors (Lipinski definition) is 3. The molecule has 0 saturated carbocycles. The number of nitrogens with one attached hydrogen (secondary N) is 1. The van der Waals surface area contributed by atoms with Gasteiger partial charge in [0.25, 0.3) is 0 Å². The topological polar surface area (TPSA) is 64.1 Å². The Hall–Kier alpha value is -0.120. The van der Waals surface area contributed by atoms with Crippen molar-refractivity contribution in [3.05, 3.63) is 0 Å². The van der Waals surface area contributed by atoms with Crippen molar-refractivity contribution in [2.45, 2.75) is 45.1 Å². The molecular weight excluding hydrogens is 162 g/mol. The minimum Gasteiger partial charge on any atom is -0.330 e. The Balaban J connectivity index is 2.84. The predicted molar refractivity (Wildman–Crippen MR) is 58.7 cm³/mol. The second-order valence-electron chi connectivity index (χ2n) is 3.72. The minimum atomic E-state index is 0.346. The van der Waals surface area contributed by atoms with Gasteiger partial charge in [0.05, 0.1) is 0 Å². The molecule has 0 aliphatic heterocycles. The van der Waals surface area contributed by atoms with E-state index in [4.69, 9.17) is 11.5 Å². The van der Waals surface area contributed by atoms with E-state index in [1.54, 1.807) is 0 Å². The Morgan fingerprint density at radius 3 is 2.38 bits per heavy atom. The second-order valence-corrected chi connectivity index (χ2v) is 3.72. The molecule has 0 radical (unpaired) electrons. The van der Waals surface area contributed by atoms with Gasteiger partial charge in [-0.25, -0.2) is 0 Å². The van der Waals surface area contributed by atoms with Gasteiger partial charge in [-0.2, -0.15) is 0 Å². The van der Waals surface area contributed by atoms with Crippen LogP contribution in [-0.4, -0.2) is 25.7 Å². The highest BCUT2D eigenvalue weighted by atomic mass is 14.8. The summed E-state index contributed by atoms with van der Waals surface area (Å²) >= 11 is 0. The first-order chi connectivity index (χ1) is 6.27. The summed E-state index contributed by atoms with van der Waals surface area (Å²) in [6.45, 7) is 5.11.